The van der Waals surface area contributed by atoms with Crippen molar-refractivity contribution in [3.63, 3.8) is 0 Å². The van der Waals surface area contributed by atoms with Gasteiger partial charge >= 0.3 is 6.18 Å². The molecule has 0 aliphatic heterocycles. The molecule has 4 nitrogen and oxygen atoms in total. The van der Waals surface area contributed by atoms with Gasteiger partial charge in [0.05, 0.1) is 12.7 Å². The number of methoxy groups -OCH3 is 1. The van der Waals surface area contributed by atoms with Crippen LogP contribution in [0.3, 0.4) is 0 Å². The number of aromatic hydroxyl groups is 2. The Labute approximate surface area is 87.9 Å². The fourth-order valence-electron chi connectivity index (χ4n) is 1.10. The number of hydrogen-bond acceptors (Lipinski definition) is 4. The van der Waals surface area contributed by atoms with Gasteiger partial charge in [-0.2, -0.15) is 13.2 Å². The molecule has 0 spiro atoms. The number of rotatable bonds is 2. The number of hydrogen-bond donors (Lipinski definition) is 2. The second-order valence-electron chi connectivity index (χ2n) is 2.84. The van der Waals surface area contributed by atoms with Crippen molar-refractivity contribution in [1.29, 1.82) is 0 Å². The van der Waals surface area contributed by atoms with E-state index in [2.05, 4.69) is 4.74 Å². The van der Waals surface area contributed by atoms with Gasteiger partial charge in [-0.25, -0.2) is 0 Å². The lowest BCUT2D eigenvalue weighted by atomic mass is 10.1. The van der Waals surface area contributed by atoms with Crippen LogP contribution in [-0.2, 0) is 0 Å². The van der Waals surface area contributed by atoms with Gasteiger partial charge in [0.25, 0.3) is 5.78 Å². The first-order valence-corrected chi connectivity index (χ1v) is 3.99. The molecule has 16 heavy (non-hydrogen) atoms. The van der Waals surface area contributed by atoms with Crippen molar-refractivity contribution in [2.24, 2.45) is 0 Å². The molecule has 1 aromatic carbocycles. The number of halogens is 3. The minimum absolute atomic E-state index is 0.557. The molecule has 2 N–H and O–H groups in total. The summed E-state index contributed by atoms with van der Waals surface area (Å²) in [6.45, 7) is 0. The molecule has 0 aliphatic carbocycles. The summed E-state index contributed by atoms with van der Waals surface area (Å²) >= 11 is 0. The van der Waals surface area contributed by atoms with Crippen molar-refractivity contribution in [3.8, 4) is 17.2 Å². The first-order chi connectivity index (χ1) is 7.29. The Morgan fingerprint density at radius 3 is 2.31 bits per heavy atom. The van der Waals surface area contributed by atoms with Gasteiger partial charge in [-0.3, -0.25) is 4.79 Å². The van der Waals surface area contributed by atoms with Crippen LogP contribution in [0.4, 0.5) is 13.2 Å². The molecule has 0 unspecified atom stereocenters. The summed E-state index contributed by atoms with van der Waals surface area (Å²) in [6, 6.07) is 1.50. The maximum atomic E-state index is 12.1. The SMILES string of the molecule is COc1c(O)ccc(C(=O)C(F)(F)F)c1O. The van der Waals surface area contributed by atoms with Crippen molar-refractivity contribution < 1.29 is 32.9 Å². The van der Waals surface area contributed by atoms with Crippen LogP contribution in [0.2, 0.25) is 0 Å². The standard InChI is InChI=1S/C9H7F3O4/c1-16-7-5(13)3-2-4(6(7)14)8(15)9(10,11)12/h2-3,13-14H,1H3. The van der Waals surface area contributed by atoms with Crippen molar-refractivity contribution in [3.05, 3.63) is 17.7 Å². The Balaban J connectivity index is 3.32. The van der Waals surface area contributed by atoms with E-state index >= 15 is 0 Å². The van der Waals surface area contributed by atoms with Crippen LogP contribution in [0, 0.1) is 0 Å². The highest BCUT2D eigenvalue weighted by Gasteiger charge is 2.41. The third kappa shape index (κ3) is 2.02. The second kappa shape index (κ2) is 3.92. The van der Waals surface area contributed by atoms with E-state index in [9.17, 15) is 23.1 Å². The number of carbonyl (C=O) groups excluding carboxylic acids is 1. The van der Waals surface area contributed by atoms with E-state index in [0.717, 1.165) is 13.2 Å². The maximum absolute atomic E-state index is 12.1. The molecule has 0 aliphatic rings. The lowest BCUT2D eigenvalue weighted by molar-refractivity contribution is -0.0886. The number of alkyl halides is 3. The molecule has 0 bridgehead atoms. The highest BCUT2D eigenvalue weighted by Crippen LogP contribution is 2.40. The number of Topliss-reactive ketones (excluding diaryl/α,β-unsaturated/α-hetero) is 1. The Morgan fingerprint density at radius 1 is 1.31 bits per heavy atom. The number of carbonyl (C=O) groups is 1. The predicted octanol–water partition coefficient (Wildman–Crippen LogP) is 1.85. The summed E-state index contributed by atoms with van der Waals surface area (Å²) < 4.78 is 40.7. The molecule has 0 saturated heterocycles. The van der Waals surface area contributed by atoms with E-state index in [4.69, 9.17) is 5.11 Å². The molecule has 1 aromatic rings. The normalized spacial score (nSPS) is 11.2. The Kier molecular flexibility index (Phi) is 2.97. The van der Waals surface area contributed by atoms with E-state index in [0.29, 0.717) is 6.07 Å². The topological polar surface area (TPSA) is 66.8 Å². The Hall–Kier alpha value is -1.92. The van der Waals surface area contributed by atoms with Gasteiger partial charge in [0, 0.05) is 0 Å². The Bertz CT molecular complexity index is 425. The third-order valence-corrected chi connectivity index (χ3v) is 1.82. The van der Waals surface area contributed by atoms with Crippen LogP contribution in [0.5, 0.6) is 17.2 Å². The molecule has 0 aromatic heterocycles. The molecule has 0 saturated carbocycles. The molecule has 1 rings (SSSR count). The van der Waals surface area contributed by atoms with E-state index in [1.807, 2.05) is 0 Å². The third-order valence-electron chi connectivity index (χ3n) is 1.82. The summed E-state index contributed by atoms with van der Waals surface area (Å²) in [4.78, 5) is 10.8. The molecule has 0 atom stereocenters. The van der Waals surface area contributed by atoms with Gasteiger partial charge in [0.2, 0.25) is 5.75 Å². The average Bonchev–Trinajstić information content (AvgIpc) is 2.16. The molecule has 88 valence electrons. The van der Waals surface area contributed by atoms with Crippen LogP contribution in [0.1, 0.15) is 10.4 Å². The van der Waals surface area contributed by atoms with Gasteiger partial charge in [0.1, 0.15) is 0 Å². The van der Waals surface area contributed by atoms with Crippen LogP contribution in [0.15, 0.2) is 12.1 Å². The zero-order valence-corrected chi connectivity index (χ0v) is 8.00. The summed E-state index contributed by atoms with van der Waals surface area (Å²) in [5.74, 6) is -4.37. The summed E-state index contributed by atoms with van der Waals surface area (Å²) in [5.41, 5.74) is -0.970. The van der Waals surface area contributed by atoms with E-state index < -0.39 is 34.8 Å². The van der Waals surface area contributed by atoms with Crippen LogP contribution >= 0.6 is 0 Å². The first kappa shape index (κ1) is 12.2. The average molecular weight is 236 g/mol. The van der Waals surface area contributed by atoms with Crippen molar-refractivity contribution in [1.82, 2.24) is 0 Å². The Morgan fingerprint density at radius 2 is 1.88 bits per heavy atom. The highest BCUT2D eigenvalue weighted by atomic mass is 19.4. The number of benzene rings is 1. The van der Waals surface area contributed by atoms with Crippen molar-refractivity contribution in [2.45, 2.75) is 6.18 Å². The largest absolute Gasteiger partial charge is 0.504 e. The van der Waals surface area contributed by atoms with E-state index in [1.54, 1.807) is 0 Å². The quantitative estimate of drug-likeness (QED) is 0.769. The molecule has 0 fully saturated rings. The van der Waals surface area contributed by atoms with Gasteiger partial charge < -0.3 is 14.9 Å². The van der Waals surface area contributed by atoms with Crippen molar-refractivity contribution in [2.75, 3.05) is 7.11 Å². The molecule has 0 radical (unpaired) electrons. The fourth-order valence-corrected chi connectivity index (χ4v) is 1.10. The van der Waals surface area contributed by atoms with Crippen LogP contribution in [-0.4, -0.2) is 29.3 Å². The van der Waals surface area contributed by atoms with E-state index in [1.165, 1.54) is 0 Å². The number of ether oxygens (including phenoxy) is 1. The number of phenolic OH excluding ortho intramolecular Hbond substituents is 2. The minimum atomic E-state index is -5.10. The zero-order chi connectivity index (χ0) is 12.5. The summed E-state index contributed by atoms with van der Waals surface area (Å²) in [6.07, 6.45) is -5.10. The zero-order valence-electron chi connectivity index (χ0n) is 8.00. The monoisotopic (exact) mass is 236 g/mol. The lowest BCUT2D eigenvalue weighted by Crippen LogP contribution is -2.22. The van der Waals surface area contributed by atoms with Gasteiger partial charge in [-0.15, -0.1) is 0 Å². The van der Waals surface area contributed by atoms with Crippen molar-refractivity contribution >= 4 is 5.78 Å². The molecule has 0 amide bonds. The first-order valence-electron chi connectivity index (χ1n) is 3.99. The van der Waals surface area contributed by atoms with Gasteiger partial charge in [-0.1, -0.05) is 0 Å². The second-order valence-corrected chi connectivity index (χ2v) is 2.84. The van der Waals surface area contributed by atoms with Crippen LogP contribution < -0.4 is 4.74 Å². The summed E-state index contributed by atoms with van der Waals surface area (Å²) in [5, 5.41) is 18.4. The van der Waals surface area contributed by atoms with Gasteiger partial charge in [0.15, 0.2) is 11.5 Å². The predicted molar refractivity (Wildman–Crippen MR) is 46.7 cm³/mol. The highest BCUT2D eigenvalue weighted by molar-refractivity contribution is 6.03. The smallest absolute Gasteiger partial charge is 0.455 e. The molecule has 7 heteroatoms. The summed E-state index contributed by atoms with van der Waals surface area (Å²) in [7, 11) is 1.04. The number of phenols is 2. The molecular formula is C9H7F3O4. The number of ketones is 1. The fraction of sp³-hybridized carbons (Fsp3) is 0.222. The maximum Gasteiger partial charge on any atom is 0.455 e. The molecular weight excluding hydrogens is 229 g/mol. The van der Waals surface area contributed by atoms with Gasteiger partial charge in [-0.05, 0) is 12.1 Å². The minimum Gasteiger partial charge on any atom is -0.504 e. The van der Waals surface area contributed by atoms with E-state index in [-0.39, 0.29) is 0 Å². The lowest BCUT2D eigenvalue weighted by Gasteiger charge is -2.10. The molecule has 0 heterocycles. The van der Waals surface area contributed by atoms with Crippen LogP contribution in [0.25, 0.3) is 0 Å².